The van der Waals surface area contributed by atoms with Crippen LogP contribution in [0.4, 0.5) is 5.69 Å². The van der Waals surface area contributed by atoms with E-state index in [4.69, 9.17) is 16.3 Å². The van der Waals surface area contributed by atoms with Crippen LogP contribution in [-0.2, 0) is 32.6 Å². The Morgan fingerprint density at radius 1 is 0.826 bits per heavy atom. The largest absolute Gasteiger partial charge is 0.494 e. The van der Waals surface area contributed by atoms with Crippen molar-refractivity contribution in [3.63, 3.8) is 0 Å². The number of ether oxygens (including phenoxy) is 1. The SMILES string of the molecule is CCOc1ccc(N(CC(=O)N(Cc2ccc(Cl)cc2)[C@H](Cc2ccccc2)C(=O)NCC(C)C)S(=O)(=O)c2ccccc2)cc1. The summed E-state index contributed by atoms with van der Waals surface area (Å²) in [6, 6.07) is 30.1. The lowest BCUT2D eigenvalue weighted by molar-refractivity contribution is -0.140. The second-order valence-electron chi connectivity index (χ2n) is 11.2. The van der Waals surface area contributed by atoms with E-state index in [0.717, 1.165) is 15.4 Å². The van der Waals surface area contributed by atoms with E-state index in [0.29, 0.717) is 23.9 Å². The number of hydrogen-bond donors (Lipinski definition) is 1. The predicted molar refractivity (Wildman–Crippen MR) is 182 cm³/mol. The van der Waals surface area contributed by atoms with Gasteiger partial charge in [0.25, 0.3) is 10.0 Å². The molecule has 0 aliphatic heterocycles. The van der Waals surface area contributed by atoms with Crippen LogP contribution in [0.15, 0.2) is 114 Å². The number of sulfonamides is 1. The maximum absolute atomic E-state index is 14.5. The molecule has 8 nitrogen and oxygen atoms in total. The van der Waals surface area contributed by atoms with Gasteiger partial charge in [-0.25, -0.2) is 8.42 Å². The lowest BCUT2D eigenvalue weighted by Crippen LogP contribution is -2.53. The zero-order valence-corrected chi connectivity index (χ0v) is 27.9. The summed E-state index contributed by atoms with van der Waals surface area (Å²) in [5, 5.41) is 3.53. The smallest absolute Gasteiger partial charge is 0.264 e. The molecule has 0 aliphatic rings. The van der Waals surface area contributed by atoms with Gasteiger partial charge in [-0.1, -0.05) is 86.1 Å². The molecule has 242 valence electrons. The molecule has 46 heavy (non-hydrogen) atoms. The van der Waals surface area contributed by atoms with Crippen molar-refractivity contribution < 1.29 is 22.7 Å². The monoisotopic (exact) mass is 661 g/mol. The molecule has 0 unspecified atom stereocenters. The standard InChI is InChI=1S/C36H40ClN3O5S/c1-4-45-32-21-19-31(20-22-32)40(46(43,44)33-13-9-6-10-14-33)26-35(41)39(25-29-15-17-30(37)18-16-29)34(36(42)38-24-27(2)3)23-28-11-7-5-8-12-28/h5-22,27,34H,4,23-26H2,1-3H3,(H,38,42)/t34-/m1/s1. The number of benzene rings is 4. The van der Waals surface area contributed by atoms with Crippen LogP contribution in [0.3, 0.4) is 0 Å². The topological polar surface area (TPSA) is 96.0 Å². The van der Waals surface area contributed by atoms with Gasteiger partial charge in [0, 0.05) is 24.5 Å². The third-order valence-corrected chi connectivity index (χ3v) is 9.31. The van der Waals surface area contributed by atoms with Crippen LogP contribution in [-0.4, -0.2) is 50.9 Å². The number of carbonyl (C=O) groups excluding carboxylic acids is 2. The van der Waals surface area contributed by atoms with Crippen LogP contribution >= 0.6 is 11.6 Å². The van der Waals surface area contributed by atoms with E-state index in [-0.39, 0.29) is 35.4 Å². The van der Waals surface area contributed by atoms with Gasteiger partial charge in [0.05, 0.1) is 17.2 Å². The first-order chi connectivity index (χ1) is 22.1. The highest BCUT2D eigenvalue weighted by Crippen LogP contribution is 2.27. The quantitative estimate of drug-likeness (QED) is 0.160. The van der Waals surface area contributed by atoms with Crippen molar-refractivity contribution in [2.45, 2.75) is 44.7 Å². The summed E-state index contributed by atoms with van der Waals surface area (Å²) in [4.78, 5) is 29.9. The van der Waals surface area contributed by atoms with Gasteiger partial charge < -0.3 is 15.0 Å². The molecule has 4 aromatic carbocycles. The predicted octanol–water partition coefficient (Wildman–Crippen LogP) is 6.35. The fraction of sp³-hybridized carbons (Fsp3) is 0.278. The number of nitrogens with zero attached hydrogens (tertiary/aromatic N) is 2. The molecule has 0 saturated carbocycles. The fourth-order valence-electron chi connectivity index (χ4n) is 4.89. The molecule has 0 spiro atoms. The highest BCUT2D eigenvalue weighted by molar-refractivity contribution is 7.92. The lowest BCUT2D eigenvalue weighted by Gasteiger charge is -2.34. The highest BCUT2D eigenvalue weighted by atomic mass is 35.5. The van der Waals surface area contributed by atoms with E-state index < -0.39 is 28.5 Å². The van der Waals surface area contributed by atoms with E-state index in [1.807, 2.05) is 51.1 Å². The number of amides is 2. The van der Waals surface area contributed by atoms with Crippen LogP contribution in [0.5, 0.6) is 5.75 Å². The molecule has 0 heterocycles. The Balaban J connectivity index is 1.78. The molecule has 0 radical (unpaired) electrons. The minimum absolute atomic E-state index is 0.0384. The molecule has 2 amide bonds. The molecule has 1 N–H and O–H groups in total. The molecular formula is C36H40ClN3O5S. The Morgan fingerprint density at radius 3 is 2.02 bits per heavy atom. The van der Waals surface area contributed by atoms with Gasteiger partial charge in [-0.15, -0.1) is 0 Å². The maximum atomic E-state index is 14.5. The van der Waals surface area contributed by atoms with Crippen LogP contribution in [0.1, 0.15) is 31.9 Å². The van der Waals surface area contributed by atoms with Crippen molar-refractivity contribution in [1.29, 1.82) is 0 Å². The fourth-order valence-corrected chi connectivity index (χ4v) is 6.45. The molecule has 4 rings (SSSR count). The number of hydrogen-bond acceptors (Lipinski definition) is 5. The molecule has 0 bridgehead atoms. The summed E-state index contributed by atoms with van der Waals surface area (Å²) in [6.07, 6.45) is 0.235. The minimum atomic E-state index is -4.19. The third kappa shape index (κ3) is 9.34. The number of carbonyl (C=O) groups is 2. The summed E-state index contributed by atoms with van der Waals surface area (Å²) in [6.45, 7) is 6.24. The molecule has 0 fully saturated rings. The van der Waals surface area contributed by atoms with Crippen LogP contribution in [0, 0.1) is 5.92 Å². The van der Waals surface area contributed by atoms with Gasteiger partial charge >= 0.3 is 0 Å². The van der Waals surface area contributed by atoms with E-state index in [2.05, 4.69) is 5.32 Å². The number of rotatable bonds is 15. The third-order valence-electron chi connectivity index (χ3n) is 7.27. The zero-order chi connectivity index (χ0) is 33.1. The van der Waals surface area contributed by atoms with Gasteiger partial charge in [-0.3, -0.25) is 13.9 Å². The maximum Gasteiger partial charge on any atom is 0.264 e. The van der Waals surface area contributed by atoms with E-state index in [1.54, 1.807) is 66.7 Å². The van der Waals surface area contributed by atoms with E-state index >= 15 is 0 Å². The van der Waals surface area contributed by atoms with E-state index in [9.17, 15) is 18.0 Å². The van der Waals surface area contributed by atoms with Crippen LogP contribution in [0.25, 0.3) is 0 Å². The Labute approximate surface area is 277 Å². The Kier molecular flexibility index (Phi) is 12.2. The Bertz CT molecular complexity index is 1670. The van der Waals surface area contributed by atoms with Crippen molar-refractivity contribution in [3.05, 3.63) is 125 Å². The highest BCUT2D eigenvalue weighted by Gasteiger charge is 2.34. The molecule has 4 aromatic rings. The second kappa shape index (κ2) is 16.3. The molecule has 0 aliphatic carbocycles. The van der Waals surface area contributed by atoms with Gasteiger partial charge in [-0.2, -0.15) is 0 Å². The molecular weight excluding hydrogens is 622 g/mol. The summed E-state index contributed by atoms with van der Waals surface area (Å²) in [7, 11) is -4.19. The van der Waals surface area contributed by atoms with Crippen molar-refractivity contribution in [2.75, 3.05) is 24.0 Å². The normalized spacial score (nSPS) is 11.9. The minimum Gasteiger partial charge on any atom is -0.494 e. The van der Waals surface area contributed by atoms with Crippen molar-refractivity contribution >= 4 is 39.1 Å². The summed E-state index contributed by atoms with van der Waals surface area (Å²) >= 11 is 6.15. The molecule has 10 heteroatoms. The first-order valence-electron chi connectivity index (χ1n) is 15.2. The number of anilines is 1. The Hall–Kier alpha value is -4.34. The molecule has 1 atom stereocenters. The van der Waals surface area contributed by atoms with E-state index in [1.165, 1.54) is 17.0 Å². The molecule has 0 saturated heterocycles. The van der Waals surface area contributed by atoms with Crippen molar-refractivity contribution in [2.24, 2.45) is 5.92 Å². The second-order valence-corrected chi connectivity index (χ2v) is 13.5. The molecule has 0 aromatic heterocycles. The summed E-state index contributed by atoms with van der Waals surface area (Å²) < 4.78 is 34.8. The van der Waals surface area contributed by atoms with Crippen molar-refractivity contribution in [3.8, 4) is 5.75 Å². The van der Waals surface area contributed by atoms with Crippen LogP contribution in [0.2, 0.25) is 5.02 Å². The average molecular weight is 662 g/mol. The summed E-state index contributed by atoms with van der Waals surface area (Å²) in [5.41, 5.74) is 1.89. The van der Waals surface area contributed by atoms with Gasteiger partial charge in [0.1, 0.15) is 18.3 Å². The Morgan fingerprint density at radius 2 is 1.43 bits per heavy atom. The first kappa shape index (κ1) is 34.5. The first-order valence-corrected chi connectivity index (χ1v) is 17.1. The summed E-state index contributed by atoms with van der Waals surface area (Å²) in [5.74, 6) is -0.0981. The van der Waals surface area contributed by atoms with Gasteiger partial charge in [-0.05, 0) is 72.5 Å². The number of nitrogens with one attached hydrogen (secondary N) is 1. The zero-order valence-electron chi connectivity index (χ0n) is 26.3. The van der Waals surface area contributed by atoms with Gasteiger partial charge in [0.15, 0.2) is 0 Å². The van der Waals surface area contributed by atoms with Crippen LogP contribution < -0.4 is 14.4 Å². The lowest BCUT2D eigenvalue weighted by atomic mass is 10.0. The van der Waals surface area contributed by atoms with Crippen molar-refractivity contribution in [1.82, 2.24) is 10.2 Å². The number of halogens is 1. The average Bonchev–Trinajstić information content (AvgIpc) is 3.06. The van der Waals surface area contributed by atoms with Gasteiger partial charge in [0.2, 0.25) is 11.8 Å².